The van der Waals surface area contributed by atoms with Crippen LogP contribution < -0.4 is 0 Å². The van der Waals surface area contributed by atoms with Crippen molar-refractivity contribution < 1.29 is 14.9 Å². The smallest absolute Gasteiger partial charge is 0.103 e. The number of aliphatic hydroxyl groups excluding tert-OH is 2. The number of rotatable bonds is 18. The van der Waals surface area contributed by atoms with Crippen molar-refractivity contribution in [1.29, 1.82) is 0 Å². The van der Waals surface area contributed by atoms with Crippen LogP contribution in [0.2, 0.25) is 0 Å². The van der Waals surface area contributed by atoms with Crippen molar-refractivity contribution in [2.24, 2.45) is 0 Å². The minimum Gasteiger partial charge on any atom is -0.394 e. The molecule has 0 fully saturated rings. The highest BCUT2D eigenvalue weighted by atomic mass is 16.5. The summed E-state index contributed by atoms with van der Waals surface area (Å²) in [5, 5.41) is 18.2. The molecule has 2 atom stereocenters. The Balaban J connectivity index is 3.08. The zero-order valence-corrected chi connectivity index (χ0v) is 15.8. The second-order valence-electron chi connectivity index (χ2n) is 6.92. The van der Waals surface area contributed by atoms with Gasteiger partial charge in [0.25, 0.3) is 0 Å². The van der Waals surface area contributed by atoms with Crippen LogP contribution in [0.3, 0.4) is 0 Å². The zero-order valence-electron chi connectivity index (χ0n) is 15.8. The Morgan fingerprint density at radius 3 is 1.48 bits per heavy atom. The van der Waals surface area contributed by atoms with Crippen molar-refractivity contribution in [3.63, 3.8) is 0 Å². The summed E-state index contributed by atoms with van der Waals surface area (Å²) in [5.74, 6) is 0. The molecule has 0 aromatic rings. The fraction of sp³-hybridized carbons (Fsp3) is 1.00. The predicted molar refractivity (Wildman–Crippen MR) is 98.8 cm³/mol. The Morgan fingerprint density at radius 2 is 1.09 bits per heavy atom. The molecule has 0 aromatic carbocycles. The largest absolute Gasteiger partial charge is 0.394 e. The third-order valence-corrected chi connectivity index (χ3v) is 4.61. The number of aliphatic hydroxyl groups is 2. The van der Waals surface area contributed by atoms with E-state index in [-0.39, 0.29) is 12.7 Å². The zero-order chi connectivity index (χ0) is 17.2. The molecule has 0 radical (unpaired) electrons. The van der Waals surface area contributed by atoms with Gasteiger partial charge in [0.1, 0.15) is 6.10 Å². The van der Waals surface area contributed by atoms with Gasteiger partial charge in [0, 0.05) is 6.61 Å². The first-order valence-corrected chi connectivity index (χ1v) is 10.1. The fourth-order valence-electron chi connectivity index (χ4n) is 2.83. The van der Waals surface area contributed by atoms with Gasteiger partial charge in [-0.05, 0) is 13.3 Å². The van der Waals surface area contributed by atoms with E-state index in [1.165, 1.54) is 83.5 Å². The van der Waals surface area contributed by atoms with E-state index in [0.717, 1.165) is 6.42 Å². The van der Waals surface area contributed by atoms with Gasteiger partial charge in [-0.3, -0.25) is 0 Å². The van der Waals surface area contributed by atoms with E-state index in [2.05, 4.69) is 6.92 Å². The van der Waals surface area contributed by atoms with Crippen molar-refractivity contribution in [1.82, 2.24) is 0 Å². The van der Waals surface area contributed by atoms with Gasteiger partial charge >= 0.3 is 0 Å². The number of hydrogen-bond donors (Lipinski definition) is 2. The fourth-order valence-corrected chi connectivity index (χ4v) is 2.83. The first-order chi connectivity index (χ1) is 11.2. The van der Waals surface area contributed by atoms with Gasteiger partial charge in [-0.2, -0.15) is 0 Å². The molecule has 3 nitrogen and oxygen atoms in total. The van der Waals surface area contributed by atoms with Crippen LogP contribution in [-0.2, 0) is 4.74 Å². The monoisotopic (exact) mass is 330 g/mol. The second-order valence-corrected chi connectivity index (χ2v) is 6.92. The predicted octanol–water partition coefficient (Wildman–Crippen LogP) is 5.23. The van der Waals surface area contributed by atoms with Crippen molar-refractivity contribution in [2.75, 3.05) is 13.2 Å². The quantitative estimate of drug-likeness (QED) is 0.338. The lowest BCUT2D eigenvalue weighted by Gasteiger charge is -2.17. The summed E-state index contributed by atoms with van der Waals surface area (Å²) in [6.45, 7) is 4.55. The van der Waals surface area contributed by atoms with Gasteiger partial charge in [-0.1, -0.05) is 90.4 Å². The molecule has 0 rings (SSSR count). The van der Waals surface area contributed by atoms with Crippen LogP contribution in [0, 0.1) is 0 Å². The maximum atomic E-state index is 9.37. The molecule has 0 amide bonds. The van der Waals surface area contributed by atoms with Crippen LogP contribution in [0.15, 0.2) is 0 Å². The second kappa shape index (κ2) is 18.2. The molecular weight excluding hydrogens is 288 g/mol. The van der Waals surface area contributed by atoms with E-state index < -0.39 is 6.10 Å². The Bertz CT molecular complexity index is 221. The minimum atomic E-state index is -0.748. The van der Waals surface area contributed by atoms with Crippen LogP contribution in [0.25, 0.3) is 0 Å². The van der Waals surface area contributed by atoms with Gasteiger partial charge in [-0.25, -0.2) is 0 Å². The van der Waals surface area contributed by atoms with E-state index in [1.807, 2.05) is 6.92 Å². The maximum absolute atomic E-state index is 9.37. The van der Waals surface area contributed by atoms with Crippen molar-refractivity contribution in [3.05, 3.63) is 0 Å². The first-order valence-electron chi connectivity index (χ1n) is 10.1. The van der Waals surface area contributed by atoms with Crippen LogP contribution in [0.5, 0.6) is 0 Å². The summed E-state index contributed by atoms with van der Waals surface area (Å²) in [5.41, 5.74) is 0. The Labute approximate surface area is 144 Å². The molecule has 140 valence electrons. The summed E-state index contributed by atoms with van der Waals surface area (Å²) in [6, 6.07) is 0. The van der Waals surface area contributed by atoms with Crippen molar-refractivity contribution in [3.8, 4) is 0 Å². The average molecular weight is 331 g/mol. The summed E-state index contributed by atoms with van der Waals surface area (Å²) in [7, 11) is 0. The number of hydrogen-bond acceptors (Lipinski definition) is 3. The van der Waals surface area contributed by atoms with Gasteiger partial charge in [0.2, 0.25) is 0 Å². The van der Waals surface area contributed by atoms with Crippen LogP contribution >= 0.6 is 0 Å². The maximum Gasteiger partial charge on any atom is 0.103 e. The molecule has 0 saturated heterocycles. The first kappa shape index (κ1) is 22.9. The molecule has 3 heteroatoms. The summed E-state index contributed by atoms with van der Waals surface area (Å²) >= 11 is 0. The highest BCUT2D eigenvalue weighted by Gasteiger charge is 2.12. The average Bonchev–Trinajstić information content (AvgIpc) is 2.57. The summed E-state index contributed by atoms with van der Waals surface area (Å²) in [4.78, 5) is 0. The molecule has 0 spiro atoms. The van der Waals surface area contributed by atoms with Crippen LogP contribution in [-0.4, -0.2) is 35.6 Å². The third-order valence-electron chi connectivity index (χ3n) is 4.61. The normalized spacial score (nSPS) is 14.1. The van der Waals surface area contributed by atoms with Gasteiger partial charge < -0.3 is 14.9 Å². The highest BCUT2D eigenvalue weighted by Crippen LogP contribution is 2.13. The Morgan fingerprint density at radius 1 is 0.696 bits per heavy atom. The number of ether oxygens (including phenoxy) is 1. The lowest BCUT2D eigenvalue weighted by atomic mass is 10.0. The van der Waals surface area contributed by atoms with Gasteiger partial charge in [0.05, 0.1) is 12.7 Å². The Hall–Kier alpha value is -0.120. The standard InChI is InChI=1S/C20H42O3/c1-3-4-5-6-7-8-9-10-11-12-13-14-15-16-17-23-19(2)20(22)18-21/h19-22H,3-18H2,1-2H3/t19-,20+/m0/s1. The molecule has 0 aliphatic heterocycles. The van der Waals surface area contributed by atoms with E-state index in [4.69, 9.17) is 9.84 Å². The Kier molecular flexibility index (Phi) is 18.1. The molecule has 2 N–H and O–H groups in total. The summed E-state index contributed by atoms with van der Waals surface area (Å²) in [6.07, 6.45) is 18.0. The number of unbranched alkanes of at least 4 members (excludes halogenated alkanes) is 13. The topological polar surface area (TPSA) is 49.7 Å². The summed E-state index contributed by atoms with van der Waals surface area (Å²) < 4.78 is 5.49. The van der Waals surface area contributed by atoms with Crippen LogP contribution in [0.1, 0.15) is 104 Å². The third kappa shape index (κ3) is 16.5. The van der Waals surface area contributed by atoms with Crippen molar-refractivity contribution >= 4 is 0 Å². The molecular formula is C20H42O3. The van der Waals surface area contributed by atoms with E-state index in [1.54, 1.807) is 0 Å². The molecule has 0 aliphatic rings. The van der Waals surface area contributed by atoms with Gasteiger partial charge in [-0.15, -0.1) is 0 Å². The molecule has 0 heterocycles. The molecule has 0 aromatic heterocycles. The molecule has 0 bridgehead atoms. The molecule has 0 unspecified atom stereocenters. The van der Waals surface area contributed by atoms with E-state index in [0.29, 0.717) is 6.61 Å². The molecule has 0 aliphatic carbocycles. The molecule has 23 heavy (non-hydrogen) atoms. The molecule has 0 saturated carbocycles. The van der Waals surface area contributed by atoms with E-state index in [9.17, 15) is 5.11 Å². The SMILES string of the molecule is CCCCCCCCCCCCCCCCO[C@@H](C)[C@H](O)CO. The minimum absolute atomic E-state index is 0.222. The lowest BCUT2D eigenvalue weighted by Crippen LogP contribution is -2.29. The van der Waals surface area contributed by atoms with Crippen LogP contribution in [0.4, 0.5) is 0 Å². The lowest BCUT2D eigenvalue weighted by molar-refractivity contribution is -0.0490. The van der Waals surface area contributed by atoms with Crippen molar-refractivity contribution in [2.45, 2.75) is 116 Å². The highest BCUT2D eigenvalue weighted by molar-refractivity contribution is 4.61. The van der Waals surface area contributed by atoms with E-state index >= 15 is 0 Å². The van der Waals surface area contributed by atoms with Gasteiger partial charge in [0.15, 0.2) is 0 Å².